The maximum absolute atomic E-state index is 13.0. The normalized spacial score (nSPS) is 27.0. The number of nitrogens with one attached hydrogen (secondary N) is 1. The van der Waals surface area contributed by atoms with Gasteiger partial charge in [0.05, 0.1) is 11.9 Å². The first-order chi connectivity index (χ1) is 12.8. The molecule has 1 N–H and O–H groups in total. The summed E-state index contributed by atoms with van der Waals surface area (Å²) in [6, 6.07) is 3.05. The Morgan fingerprint density at radius 3 is 2.88 bits per heavy atom. The number of carbonyl (C=O) groups excluding carboxylic acids is 1. The van der Waals surface area contributed by atoms with Crippen LogP contribution in [0, 0.1) is 5.92 Å². The van der Waals surface area contributed by atoms with Gasteiger partial charge in [-0.25, -0.2) is 9.97 Å². The molecular formula is C20H27N5O. The van der Waals surface area contributed by atoms with Gasteiger partial charge in [0.25, 0.3) is 5.91 Å². The number of likely N-dealkylation sites (tertiary alicyclic amines) is 1. The van der Waals surface area contributed by atoms with E-state index < -0.39 is 0 Å². The van der Waals surface area contributed by atoms with Crippen molar-refractivity contribution >= 4 is 17.1 Å². The number of fused-ring (bicyclic) bond motifs is 2. The first kappa shape index (κ1) is 16.2. The van der Waals surface area contributed by atoms with Crippen LogP contribution in [-0.2, 0) is 0 Å². The van der Waals surface area contributed by atoms with Gasteiger partial charge in [-0.1, -0.05) is 12.8 Å². The van der Waals surface area contributed by atoms with E-state index >= 15 is 0 Å². The SMILES string of the molecule is O=C(c1cnc2c(c1)ncn2C1CCCC1)N1CC[C@@H]2NCCC[C@@H]2C1. The molecule has 2 aromatic heterocycles. The Morgan fingerprint density at radius 1 is 1.12 bits per heavy atom. The number of pyridine rings is 1. The summed E-state index contributed by atoms with van der Waals surface area (Å²) in [6.07, 6.45) is 12.1. The van der Waals surface area contributed by atoms with Crippen LogP contribution < -0.4 is 5.32 Å². The average Bonchev–Trinajstić information content (AvgIpc) is 3.35. The Balaban J connectivity index is 1.36. The third kappa shape index (κ3) is 2.80. The van der Waals surface area contributed by atoms with Gasteiger partial charge in [0, 0.05) is 31.4 Å². The molecule has 5 rings (SSSR count). The molecule has 2 aliphatic heterocycles. The van der Waals surface area contributed by atoms with Crippen LogP contribution in [0.3, 0.4) is 0 Å². The fourth-order valence-electron chi connectivity index (χ4n) is 5.10. The average molecular weight is 353 g/mol. The minimum absolute atomic E-state index is 0.110. The van der Waals surface area contributed by atoms with Crippen LogP contribution >= 0.6 is 0 Å². The number of amides is 1. The smallest absolute Gasteiger partial charge is 0.255 e. The van der Waals surface area contributed by atoms with Crippen LogP contribution in [0.2, 0.25) is 0 Å². The maximum Gasteiger partial charge on any atom is 0.255 e. The van der Waals surface area contributed by atoms with E-state index in [2.05, 4.69) is 19.9 Å². The summed E-state index contributed by atoms with van der Waals surface area (Å²) < 4.78 is 2.20. The van der Waals surface area contributed by atoms with E-state index in [9.17, 15) is 4.79 Å². The number of hydrogen-bond donors (Lipinski definition) is 1. The van der Waals surface area contributed by atoms with E-state index in [1.807, 2.05) is 17.3 Å². The minimum Gasteiger partial charge on any atom is -0.338 e. The second kappa shape index (κ2) is 6.65. The van der Waals surface area contributed by atoms with Crippen LogP contribution in [0.1, 0.15) is 61.3 Å². The zero-order valence-corrected chi connectivity index (χ0v) is 15.2. The maximum atomic E-state index is 13.0. The fourth-order valence-corrected chi connectivity index (χ4v) is 5.10. The lowest BCUT2D eigenvalue weighted by molar-refractivity contribution is 0.0592. The summed E-state index contributed by atoms with van der Waals surface area (Å²) >= 11 is 0. The minimum atomic E-state index is 0.110. The van der Waals surface area contributed by atoms with Crippen LogP contribution in [0.25, 0.3) is 11.2 Å². The van der Waals surface area contributed by atoms with Crippen molar-refractivity contribution in [1.29, 1.82) is 0 Å². The predicted molar refractivity (Wildman–Crippen MR) is 100 cm³/mol. The van der Waals surface area contributed by atoms with Crippen molar-refractivity contribution in [3.8, 4) is 0 Å². The molecule has 1 amide bonds. The van der Waals surface area contributed by atoms with Crippen molar-refractivity contribution in [2.24, 2.45) is 5.92 Å². The number of rotatable bonds is 2. The largest absolute Gasteiger partial charge is 0.338 e. The Bertz CT molecular complexity index is 810. The van der Waals surface area contributed by atoms with Crippen molar-refractivity contribution in [3.05, 3.63) is 24.2 Å². The highest BCUT2D eigenvalue weighted by molar-refractivity contribution is 5.96. The second-order valence-electron chi connectivity index (χ2n) is 8.16. The summed E-state index contributed by atoms with van der Waals surface area (Å²) in [6.45, 7) is 2.83. The molecular weight excluding hydrogens is 326 g/mol. The second-order valence-corrected chi connectivity index (χ2v) is 8.16. The van der Waals surface area contributed by atoms with E-state index in [-0.39, 0.29) is 5.91 Å². The van der Waals surface area contributed by atoms with Crippen LogP contribution in [0.4, 0.5) is 0 Å². The Kier molecular flexibility index (Phi) is 4.15. The highest BCUT2D eigenvalue weighted by Gasteiger charge is 2.33. The van der Waals surface area contributed by atoms with E-state index in [4.69, 9.17) is 0 Å². The van der Waals surface area contributed by atoms with E-state index in [0.717, 1.165) is 37.2 Å². The van der Waals surface area contributed by atoms with Gasteiger partial charge in [-0.05, 0) is 50.6 Å². The summed E-state index contributed by atoms with van der Waals surface area (Å²) in [4.78, 5) is 24.2. The van der Waals surface area contributed by atoms with E-state index in [1.165, 1.54) is 38.5 Å². The first-order valence-electron chi connectivity index (χ1n) is 10.1. The highest BCUT2D eigenvalue weighted by atomic mass is 16.2. The van der Waals surface area contributed by atoms with Gasteiger partial charge in [-0.3, -0.25) is 4.79 Å². The zero-order chi connectivity index (χ0) is 17.5. The van der Waals surface area contributed by atoms with Crippen molar-refractivity contribution in [3.63, 3.8) is 0 Å². The molecule has 2 atom stereocenters. The van der Waals surface area contributed by atoms with Crippen molar-refractivity contribution in [1.82, 2.24) is 24.8 Å². The molecule has 3 aliphatic rings. The molecule has 0 radical (unpaired) electrons. The molecule has 1 aliphatic carbocycles. The zero-order valence-electron chi connectivity index (χ0n) is 15.2. The number of hydrogen-bond acceptors (Lipinski definition) is 4. The Morgan fingerprint density at radius 2 is 2.00 bits per heavy atom. The molecule has 0 spiro atoms. The van der Waals surface area contributed by atoms with E-state index in [1.54, 1.807) is 6.20 Å². The molecule has 1 saturated carbocycles. The topological polar surface area (TPSA) is 63.1 Å². The summed E-state index contributed by atoms with van der Waals surface area (Å²) in [7, 11) is 0. The summed E-state index contributed by atoms with van der Waals surface area (Å²) in [5.74, 6) is 0.707. The molecule has 6 heteroatoms. The third-order valence-corrected chi connectivity index (χ3v) is 6.56. The summed E-state index contributed by atoms with van der Waals surface area (Å²) in [5, 5.41) is 3.61. The molecule has 0 aromatic carbocycles. The van der Waals surface area contributed by atoms with Gasteiger partial charge >= 0.3 is 0 Å². The van der Waals surface area contributed by atoms with Gasteiger partial charge in [0.1, 0.15) is 5.52 Å². The van der Waals surface area contributed by atoms with Gasteiger partial charge in [-0.15, -0.1) is 0 Å². The molecule has 2 saturated heterocycles. The monoisotopic (exact) mass is 353 g/mol. The van der Waals surface area contributed by atoms with Crippen molar-refractivity contribution < 1.29 is 4.79 Å². The number of imidazole rings is 1. The molecule has 6 nitrogen and oxygen atoms in total. The number of piperidine rings is 2. The molecule has 3 fully saturated rings. The lowest BCUT2D eigenvalue weighted by Crippen LogP contribution is -2.53. The quantitative estimate of drug-likeness (QED) is 0.902. The van der Waals surface area contributed by atoms with Gasteiger partial charge in [0.2, 0.25) is 0 Å². The number of carbonyl (C=O) groups is 1. The lowest BCUT2D eigenvalue weighted by Gasteiger charge is -2.41. The number of aromatic nitrogens is 3. The van der Waals surface area contributed by atoms with Crippen molar-refractivity contribution in [2.45, 2.75) is 57.0 Å². The van der Waals surface area contributed by atoms with Gasteiger partial charge in [-0.2, -0.15) is 0 Å². The lowest BCUT2D eigenvalue weighted by atomic mass is 9.85. The molecule has 0 bridgehead atoms. The molecule has 2 aromatic rings. The molecule has 4 heterocycles. The Labute approximate surface area is 154 Å². The first-order valence-corrected chi connectivity index (χ1v) is 10.1. The van der Waals surface area contributed by atoms with Gasteiger partial charge in [0.15, 0.2) is 5.65 Å². The van der Waals surface area contributed by atoms with Crippen LogP contribution in [0.15, 0.2) is 18.6 Å². The third-order valence-electron chi connectivity index (χ3n) is 6.56. The van der Waals surface area contributed by atoms with E-state index in [0.29, 0.717) is 23.6 Å². The predicted octanol–water partition coefficient (Wildman–Crippen LogP) is 2.76. The Hall–Kier alpha value is -1.95. The van der Waals surface area contributed by atoms with Gasteiger partial charge < -0.3 is 14.8 Å². The number of nitrogens with zero attached hydrogens (tertiary/aromatic N) is 4. The standard InChI is InChI=1S/C20H27N5O/c26-20(24-9-7-17-14(12-24)4-3-8-21-17)15-10-18-19(22-11-15)25(13-23-18)16-5-1-2-6-16/h10-11,13-14,16-17,21H,1-9,12H2/t14-,17+/m1/s1. The highest BCUT2D eigenvalue weighted by Crippen LogP contribution is 2.32. The molecule has 26 heavy (non-hydrogen) atoms. The fraction of sp³-hybridized carbons (Fsp3) is 0.650. The molecule has 138 valence electrons. The summed E-state index contributed by atoms with van der Waals surface area (Å²) in [5.41, 5.74) is 2.44. The van der Waals surface area contributed by atoms with Crippen molar-refractivity contribution in [2.75, 3.05) is 19.6 Å². The van der Waals surface area contributed by atoms with Crippen LogP contribution in [-0.4, -0.2) is 51.0 Å². The molecule has 0 unspecified atom stereocenters. The van der Waals surface area contributed by atoms with Crippen LogP contribution in [0.5, 0.6) is 0 Å².